The molecule has 0 heterocycles. The lowest BCUT2D eigenvalue weighted by molar-refractivity contribution is 0.243. The highest BCUT2D eigenvalue weighted by Gasteiger charge is 2.53. The normalized spacial score (nSPS) is 31.8. The van der Waals surface area contributed by atoms with Gasteiger partial charge in [0.05, 0.1) is 0 Å². The molecule has 18 heavy (non-hydrogen) atoms. The Labute approximate surface area is 110 Å². The Morgan fingerprint density at radius 3 is 2.50 bits per heavy atom. The van der Waals surface area contributed by atoms with Gasteiger partial charge < -0.3 is 0 Å². The number of rotatable bonds is 0. The maximum Gasteiger partial charge on any atom is 0.0121 e. The molecule has 2 unspecified atom stereocenters. The molecule has 0 nitrogen and oxygen atoms in total. The van der Waals surface area contributed by atoms with Gasteiger partial charge in [-0.2, -0.15) is 0 Å². The molecule has 0 N–H and O–H groups in total. The van der Waals surface area contributed by atoms with E-state index in [1.807, 2.05) is 0 Å². The zero-order valence-electron chi connectivity index (χ0n) is 12.0. The summed E-state index contributed by atoms with van der Waals surface area (Å²) in [6, 6.07) is 6.97. The van der Waals surface area contributed by atoms with Gasteiger partial charge in [0.2, 0.25) is 0 Å². The van der Waals surface area contributed by atoms with Crippen molar-refractivity contribution in [3.8, 4) is 0 Å². The average molecular weight is 238 g/mol. The summed E-state index contributed by atoms with van der Waals surface area (Å²) in [5, 5.41) is 0. The first-order valence-corrected chi connectivity index (χ1v) is 6.85. The predicted molar refractivity (Wildman–Crippen MR) is 78.0 cm³/mol. The van der Waals surface area contributed by atoms with Crippen molar-refractivity contribution in [2.45, 2.75) is 46.0 Å². The molecule has 0 fully saturated rings. The number of hydrogen-bond acceptors (Lipinski definition) is 0. The standard InChI is InChI=1S/C18H22/c1-12-6-8-14-15-9-7-13(2)11-18(15,5)17(3,4)16(14)10-12/h6-11,15H,1-5H3. The minimum atomic E-state index is 0.199. The van der Waals surface area contributed by atoms with Gasteiger partial charge in [-0.05, 0) is 30.4 Å². The number of allylic oxidation sites excluding steroid dienone is 4. The third-order valence-electron chi connectivity index (χ3n) is 5.29. The van der Waals surface area contributed by atoms with E-state index in [1.54, 1.807) is 0 Å². The van der Waals surface area contributed by atoms with Gasteiger partial charge in [0.1, 0.15) is 0 Å². The molecule has 1 aromatic carbocycles. The molecule has 2 aliphatic rings. The van der Waals surface area contributed by atoms with Crippen LogP contribution in [0.3, 0.4) is 0 Å². The number of benzene rings is 1. The zero-order chi connectivity index (χ0) is 13.1. The molecule has 94 valence electrons. The second-order valence-corrected chi connectivity index (χ2v) is 6.72. The van der Waals surface area contributed by atoms with Gasteiger partial charge in [0, 0.05) is 11.3 Å². The Balaban J connectivity index is 2.29. The summed E-state index contributed by atoms with van der Waals surface area (Å²) >= 11 is 0. The second kappa shape index (κ2) is 3.38. The molecule has 0 radical (unpaired) electrons. The quantitative estimate of drug-likeness (QED) is 0.603. The van der Waals surface area contributed by atoms with Crippen molar-refractivity contribution in [2.24, 2.45) is 5.41 Å². The molecule has 0 bridgehead atoms. The molecular formula is C18H22. The molecular weight excluding hydrogens is 216 g/mol. The van der Waals surface area contributed by atoms with Gasteiger partial charge in [-0.1, -0.05) is 68.3 Å². The van der Waals surface area contributed by atoms with E-state index in [1.165, 1.54) is 22.3 Å². The van der Waals surface area contributed by atoms with Gasteiger partial charge in [-0.3, -0.25) is 0 Å². The third-order valence-corrected chi connectivity index (χ3v) is 5.29. The molecule has 0 saturated heterocycles. The fraction of sp³-hybridized carbons (Fsp3) is 0.444. The fourth-order valence-corrected chi connectivity index (χ4v) is 3.83. The third kappa shape index (κ3) is 1.27. The summed E-state index contributed by atoms with van der Waals surface area (Å²) in [4.78, 5) is 0. The van der Waals surface area contributed by atoms with E-state index in [0.29, 0.717) is 5.92 Å². The van der Waals surface area contributed by atoms with Crippen LogP contribution >= 0.6 is 0 Å². The number of aryl methyl sites for hydroxylation is 1. The van der Waals surface area contributed by atoms with Crippen molar-refractivity contribution < 1.29 is 0 Å². The predicted octanol–water partition coefficient (Wildman–Crippen LogP) is 4.89. The first-order chi connectivity index (χ1) is 8.36. The highest BCUT2D eigenvalue weighted by atomic mass is 14.6. The van der Waals surface area contributed by atoms with Crippen LogP contribution in [-0.2, 0) is 5.41 Å². The summed E-state index contributed by atoms with van der Waals surface area (Å²) in [6.07, 6.45) is 7.16. The van der Waals surface area contributed by atoms with Crippen molar-refractivity contribution in [1.29, 1.82) is 0 Å². The number of fused-ring (bicyclic) bond motifs is 3. The van der Waals surface area contributed by atoms with E-state index in [4.69, 9.17) is 0 Å². The fourth-order valence-electron chi connectivity index (χ4n) is 3.83. The lowest BCUT2D eigenvalue weighted by atomic mass is 9.61. The van der Waals surface area contributed by atoms with E-state index in [-0.39, 0.29) is 10.8 Å². The summed E-state index contributed by atoms with van der Waals surface area (Å²) in [5.74, 6) is 0.534. The summed E-state index contributed by atoms with van der Waals surface area (Å²) in [6.45, 7) is 11.6. The molecule has 0 spiro atoms. The van der Waals surface area contributed by atoms with Crippen LogP contribution < -0.4 is 0 Å². The topological polar surface area (TPSA) is 0 Å². The lowest BCUT2D eigenvalue weighted by Gasteiger charge is -2.41. The lowest BCUT2D eigenvalue weighted by Crippen LogP contribution is -2.36. The van der Waals surface area contributed by atoms with Crippen molar-refractivity contribution in [1.82, 2.24) is 0 Å². The van der Waals surface area contributed by atoms with Crippen molar-refractivity contribution in [3.63, 3.8) is 0 Å². The van der Waals surface area contributed by atoms with Crippen molar-refractivity contribution in [2.75, 3.05) is 0 Å². The van der Waals surface area contributed by atoms with Gasteiger partial charge in [-0.25, -0.2) is 0 Å². The molecule has 0 aromatic heterocycles. The zero-order valence-corrected chi connectivity index (χ0v) is 12.0. The first-order valence-electron chi connectivity index (χ1n) is 6.85. The largest absolute Gasteiger partial charge is 0.0759 e. The first kappa shape index (κ1) is 11.8. The molecule has 0 amide bonds. The Morgan fingerprint density at radius 1 is 1.06 bits per heavy atom. The number of hydrogen-bond donors (Lipinski definition) is 0. The maximum absolute atomic E-state index is 2.48. The molecule has 0 aliphatic heterocycles. The van der Waals surface area contributed by atoms with E-state index in [9.17, 15) is 0 Å². The summed E-state index contributed by atoms with van der Waals surface area (Å²) in [7, 11) is 0. The smallest absolute Gasteiger partial charge is 0.0121 e. The Hall–Kier alpha value is -1.30. The Kier molecular flexibility index (Phi) is 2.21. The van der Waals surface area contributed by atoms with Gasteiger partial charge in [-0.15, -0.1) is 0 Å². The van der Waals surface area contributed by atoms with Gasteiger partial charge >= 0.3 is 0 Å². The van der Waals surface area contributed by atoms with Crippen molar-refractivity contribution in [3.05, 3.63) is 58.7 Å². The van der Waals surface area contributed by atoms with Crippen LogP contribution in [0.1, 0.15) is 50.3 Å². The van der Waals surface area contributed by atoms with Crippen LogP contribution in [0.25, 0.3) is 0 Å². The van der Waals surface area contributed by atoms with Crippen LogP contribution in [-0.4, -0.2) is 0 Å². The Bertz CT molecular complexity index is 572. The molecule has 0 saturated carbocycles. The molecule has 1 aromatic rings. The van der Waals surface area contributed by atoms with E-state index < -0.39 is 0 Å². The molecule has 3 rings (SSSR count). The minimum Gasteiger partial charge on any atom is -0.0759 e. The molecule has 2 aliphatic carbocycles. The molecule has 2 atom stereocenters. The van der Waals surface area contributed by atoms with Crippen molar-refractivity contribution >= 4 is 0 Å². The van der Waals surface area contributed by atoms with E-state index in [0.717, 1.165) is 0 Å². The monoisotopic (exact) mass is 238 g/mol. The van der Waals surface area contributed by atoms with Gasteiger partial charge in [0.25, 0.3) is 0 Å². The summed E-state index contributed by atoms with van der Waals surface area (Å²) < 4.78 is 0. The highest BCUT2D eigenvalue weighted by molar-refractivity contribution is 5.54. The minimum absolute atomic E-state index is 0.199. The molecule has 0 heteroatoms. The highest BCUT2D eigenvalue weighted by Crippen LogP contribution is 2.61. The van der Waals surface area contributed by atoms with Crippen LogP contribution in [0.2, 0.25) is 0 Å². The van der Waals surface area contributed by atoms with Gasteiger partial charge in [0.15, 0.2) is 0 Å². The van der Waals surface area contributed by atoms with Crippen LogP contribution in [0, 0.1) is 12.3 Å². The summed E-state index contributed by atoms with van der Waals surface area (Å²) in [5.41, 5.74) is 6.23. The second-order valence-electron chi connectivity index (χ2n) is 6.72. The van der Waals surface area contributed by atoms with Crippen LogP contribution in [0.4, 0.5) is 0 Å². The average Bonchev–Trinajstić information content (AvgIpc) is 2.45. The Morgan fingerprint density at radius 2 is 1.78 bits per heavy atom. The maximum atomic E-state index is 2.48. The SMILES string of the molecule is CC1=CC2(C)C(C=C1)c1ccc(C)cc1C2(C)C. The van der Waals surface area contributed by atoms with E-state index >= 15 is 0 Å². The van der Waals surface area contributed by atoms with E-state index in [2.05, 4.69) is 71.0 Å². The van der Waals surface area contributed by atoms with Crippen LogP contribution in [0.15, 0.2) is 42.0 Å². The van der Waals surface area contributed by atoms with Crippen LogP contribution in [0.5, 0.6) is 0 Å².